The number of amides is 1. The largest absolute Gasteiger partial charge is 0.491 e. The summed E-state index contributed by atoms with van der Waals surface area (Å²) in [5.41, 5.74) is 2.77. The molecule has 1 saturated heterocycles. The number of nitrogens with one attached hydrogen (secondary N) is 1. The lowest BCUT2D eigenvalue weighted by Gasteiger charge is -2.23. The summed E-state index contributed by atoms with van der Waals surface area (Å²) in [4.78, 5) is 17.2. The van der Waals surface area contributed by atoms with Crippen LogP contribution in [0, 0.1) is 18.8 Å². The van der Waals surface area contributed by atoms with Crippen LogP contribution in [0.1, 0.15) is 27.0 Å². The maximum absolute atomic E-state index is 12.9. The van der Waals surface area contributed by atoms with Gasteiger partial charge >= 0.3 is 0 Å². The quantitative estimate of drug-likeness (QED) is 0.566. The highest BCUT2D eigenvalue weighted by Gasteiger charge is 2.17. The van der Waals surface area contributed by atoms with E-state index in [9.17, 15) is 4.79 Å². The zero-order chi connectivity index (χ0) is 23.0. The average Bonchev–Trinajstić information content (AvgIpc) is 2.85. The van der Waals surface area contributed by atoms with Crippen LogP contribution in [0.2, 0.25) is 5.02 Å². The third-order valence-corrected chi connectivity index (χ3v) is 5.27. The Morgan fingerprint density at radius 2 is 1.97 bits per heavy atom. The Labute approximate surface area is 197 Å². The molecule has 1 atom stereocenters. The molecule has 33 heavy (non-hydrogen) atoms. The smallest absolute Gasteiger partial charge is 0.258 e. The summed E-state index contributed by atoms with van der Waals surface area (Å²) >= 11 is 6.27. The van der Waals surface area contributed by atoms with Crippen molar-refractivity contribution < 1.29 is 19.0 Å². The molecule has 0 unspecified atom stereocenters. The Bertz CT molecular complexity index is 1180. The predicted molar refractivity (Wildman–Crippen MR) is 127 cm³/mol. The lowest BCUT2D eigenvalue weighted by atomic mass is 10.1. The third-order valence-electron chi connectivity index (χ3n) is 4.94. The number of pyridine rings is 1. The van der Waals surface area contributed by atoms with E-state index in [1.165, 1.54) is 0 Å². The van der Waals surface area contributed by atoms with Crippen molar-refractivity contribution in [3.63, 3.8) is 0 Å². The number of hydrogen-bond acceptors (Lipinski definition) is 5. The van der Waals surface area contributed by atoms with Gasteiger partial charge < -0.3 is 19.5 Å². The van der Waals surface area contributed by atoms with Crippen molar-refractivity contribution in [1.82, 2.24) is 4.98 Å². The molecular weight excluding hydrogens is 440 g/mol. The first kappa shape index (κ1) is 22.8. The zero-order valence-electron chi connectivity index (χ0n) is 18.1. The molecule has 4 rings (SSSR count). The molecule has 7 heteroatoms. The fraction of sp³-hybridized carbons (Fsp3) is 0.231. The minimum absolute atomic E-state index is 0.137. The van der Waals surface area contributed by atoms with Crippen molar-refractivity contribution >= 4 is 23.3 Å². The van der Waals surface area contributed by atoms with Crippen LogP contribution in [-0.2, 0) is 9.47 Å². The number of anilines is 1. The van der Waals surface area contributed by atoms with E-state index in [-0.39, 0.29) is 12.0 Å². The van der Waals surface area contributed by atoms with Gasteiger partial charge in [-0.2, -0.15) is 0 Å². The minimum Gasteiger partial charge on any atom is -0.491 e. The Kier molecular flexibility index (Phi) is 7.59. The first-order chi connectivity index (χ1) is 16.1. The van der Waals surface area contributed by atoms with Gasteiger partial charge in [-0.15, -0.1) is 0 Å². The van der Waals surface area contributed by atoms with E-state index in [4.69, 9.17) is 25.8 Å². The van der Waals surface area contributed by atoms with Gasteiger partial charge in [-0.05, 0) is 48.9 Å². The monoisotopic (exact) mass is 462 g/mol. The van der Waals surface area contributed by atoms with Gasteiger partial charge in [0.25, 0.3) is 5.91 Å². The van der Waals surface area contributed by atoms with E-state index in [0.29, 0.717) is 48.6 Å². The molecule has 2 aromatic carbocycles. The summed E-state index contributed by atoms with van der Waals surface area (Å²) in [6.45, 7) is 3.82. The van der Waals surface area contributed by atoms with Gasteiger partial charge in [0.2, 0.25) is 0 Å². The van der Waals surface area contributed by atoms with Crippen molar-refractivity contribution in [2.24, 2.45) is 0 Å². The van der Waals surface area contributed by atoms with E-state index >= 15 is 0 Å². The van der Waals surface area contributed by atoms with Crippen molar-refractivity contribution in [2.75, 3.05) is 31.7 Å². The highest BCUT2D eigenvalue weighted by molar-refractivity contribution is 6.34. The number of hydrogen-bond donors (Lipinski definition) is 1. The van der Waals surface area contributed by atoms with Crippen LogP contribution in [0.3, 0.4) is 0 Å². The average molecular weight is 463 g/mol. The second-order valence-corrected chi connectivity index (χ2v) is 7.89. The fourth-order valence-electron chi connectivity index (χ4n) is 3.20. The molecule has 1 amide bonds. The van der Waals surface area contributed by atoms with Crippen molar-refractivity contribution in [3.8, 4) is 17.6 Å². The molecular formula is C26H23ClN2O4. The number of rotatable bonds is 5. The molecule has 0 radical (unpaired) electrons. The number of carbonyl (C=O) groups is 1. The summed E-state index contributed by atoms with van der Waals surface area (Å²) in [6.07, 6.45) is 1.49. The molecule has 0 saturated carbocycles. The molecule has 1 N–H and O–H groups in total. The Hall–Kier alpha value is -3.37. The van der Waals surface area contributed by atoms with Crippen LogP contribution in [0.5, 0.6) is 5.75 Å². The van der Waals surface area contributed by atoms with Gasteiger partial charge in [0.15, 0.2) is 0 Å². The second-order valence-electron chi connectivity index (χ2n) is 7.48. The van der Waals surface area contributed by atoms with Crippen molar-refractivity contribution in [2.45, 2.75) is 13.0 Å². The summed E-state index contributed by atoms with van der Waals surface area (Å²) in [5, 5.41) is 3.14. The Morgan fingerprint density at radius 1 is 1.15 bits per heavy atom. The number of halogens is 1. The first-order valence-corrected chi connectivity index (χ1v) is 10.9. The number of aryl methyl sites for hydroxylation is 1. The van der Waals surface area contributed by atoms with Crippen molar-refractivity contribution in [1.29, 1.82) is 0 Å². The topological polar surface area (TPSA) is 69.7 Å². The highest BCUT2D eigenvalue weighted by atomic mass is 35.5. The molecule has 3 aromatic rings. The number of nitrogens with zero attached hydrogens (tertiary/aromatic N) is 1. The lowest BCUT2D eigenvalue weighted by molar-refractivity contribution is -0.101. The van der Waals surface area contributed by atoms with Crippen LogP contribution < -0.4 is 10.1 Å². The number of ether oxygens (including phenoxy) is 3. The molecule has 1 aliphatic rings. The maximum atomic E-state index is 12.9. The Morgan fingerprint density at radius 3 is 2.73 bits per heavy atom. The molecule has 6 nitrogen and oxygen atoms in total. The van der Waals surface area contributed by atoms with Crippen LogP contribution in [-0.4, -0.2) is 43.4 Å². The molecule has 0 bridgehead atoms. The van der Waals surface area contributed by atoms with E-state index in [1.807, 2.05) is 43.3 Å². The van der Waals surface area contributed by atoms with E-state index in [0.717, 1.165) is 16.7 Å². The molecule has 1 aromatic heterocycles. The van der Waals surface area contributed by atoms with Gasteiger partial charge in [0, 0.05) is 17.3 Å². The summed E-state index contributed by atoms with van der Waals surface area (Å²) < 4.78 is 16.7. The zero-order valence-corrected chi connectivity index (χ0v) is 18.9. The SMILES string of the molecule is Cc1cc(C#Cc2ccccc2)cnc1NC(=O)c1cc(OC[C@H]2COCCO2)ccc1Cl. The maximum Gasteiger partial charge on any atom is 0.258 e. The molecule has 1 aliphatic heterocycles. The minimum atomic E-state index is -0.374. The van der Waals surface area contributed by atoms with Gasteiger partial charge in [0.05, 0.1) is 30.4 Å². The predicted octanol–water partition coefficient (Wildman–Crippen LogP) is 4.49. The van der Waals surface area contributed by atoms with E-state index in [1.54, 1.807) is 24.4 Å². The van der Waals surface area contributed by atoms with Crippen LogP contribution in [0.25, 0.3) is 0 Å². The van der Waals surface area contributed by atoms with Gasteiger partial charge in [-0.1, -0.05) is 41.6 Å². The van der Waals surface area contributed by atoms with Crippen LogP contribution in [0.15, 0.2) is 60.8 Å². The van der Waals surface area contributed by atoms with Crippen LogP contribution >= 0.6 is 11.6 Å². The number of aromatic nitrogens is 1. The fourth-order valence-corrected chi connectivity index (χ4v) is 3.41. The van der Waals surface area contributed by atoms with E-state index < -0.39 is 0 Å². The highest BCUT2D eigenvalue weighted by Crippen LogP contribution is 2.24. The third kappa shape index (κ3) is 6.33. The second kappa shape index (κ2) is 11.0. The van der Waals surface area contributed by atoms with Gasteiger partial charge in [-0.25, -0.2) is 4.98 Å². The summed E-state index contributed by atoms with van der Waals surface area (Å²) in [6, 6.07) is 16.5. The summed E-state index contributed by atoms with van der Waals surface area (Å²) in [7, 11) is 0. The van der Waals surface area contributed by atoms with Gasteiger partial charge in [-0.3, -0.25) is 4.79 Å². The lowest BCUT2D eigenvalue weighted by Crippen LogP contribution is -2.33. The normalized spacial score (nSPS) is 15.3. The van der Waals surface area contributed by atoms with Crippen molar-refractivity contribution in [3.05, 3.63) is 88.1 Å². The van der Waals surface area contributed by atoms with E-state index in [2.05, 4.69) is 22.1 Å². The van der Waals surface area contributed by atoms with Crippen LogP contribution in [0.4, 0.5) is 5.82 Å². The van der Waals surface area contributed by atoms with Gasteiger partial charge in [0.1, 0.15) is 24.3 Å². The molecule has 1 fully saturated rings. The number of carbonyl (C=O) groups excluding carboxylic acids is 1. The summed E-state index contributed by atoms with van der Waals surface area (Å²) in [5.74, 6) is 6.78. The number of benzene rings is 2. The molecule has 0 aliphatic carbocycles. The molecule has 168 valence electrons. The standard InChI is InChI=1S/C26H23ClN2O4/c1-18-13-20(8-7-19-5-3-2-4-6-19)15-28-25(18)29-26(30)23-14-21(9-10-24(23)27)33-17-22-16-31-11-12-32-22/h2-6,9-10,13-15,22H,11-12,16-17H2,1H3,(H,28,29,30)/t22-/m1/s1. The Balaban J connectivity index is 1.42. The molecule has 2 heterocycles. The first-order valence-electron chi connectivity index (χ1n) is 10.6. The molecule has 0 spiro atoms.